The van der Waals surface area contributed by atoms with Crippen LogP contribution in [0.2, 0.25) is 0 Å². The molecule has 4 rings (SSSR count). The minimum absolute atomic E-state index is 0.0163. The Hall–Kier alpha value is -3.65. The first-order valence-electron chi connectivity index (χ1n) is 8.83. The molecule has 0 aromatic heterocycles. The Labute approximate surface area is 158 Å². The van der Waals surface area contributed by atoms with Gasteiger partial charge in [-0.25, -0.2) is 0 Å². The van der Waals surface area contributed by atoms with Crippen LogP contribution < -0.4 is 4.74 Å². The van der Waals surface area contributed by atoms with Crippen molar-refractivity contribution in [3.8, 4) is 22.6 Å². The lowest BCUT2D eigenvalue weighted by Crippen LogP contribution is -2.01. The first kappa shape index (κ1) is 16.8. The summed E-state index contributed by atoms with van der Waals surface area (Å²) in [5.41, 5.74) is 3.37. The number of hydrogen-bond acceptors (Lipinski definition) is 2. The van der Waals surface area contributed by atoms with Crippen molar-refractivity contribution in [1.29, 1.82) is 0 Å². The molecule has 0 unspecified atom stereocenters. The molecule has 2 nitrogen and oxygen atoms in total. The van der Waals surface area contributed by atoms with Crippen molar-refractivity contribution in [2.75, 3.05) is 0 Å². The molecule has 0 aliphatic rings. The summed E-state index contributed by atoms with van der Waals surface area (Å²) in [5, 5.41) is 0. The molecule has 0 fully saturated rings. The predicted molar refractivity (Wildman–Crippen MR) is 108 cm³/mol. The van der Waals surface area contributed by atoms with Crippen molar-refractivity contribution in [2.24, 2.45) is 0 Å². The fourth-order valence-corrected chi connectivity index (χ4v) is 3.00. The van der Waals surface area contributed by atoms with E-state index in [1.807, 2.05) is 91.0 Å². The van der Waals surface area contributed by atoms with Crippen LogP contribution in [0.5, 0.6) is 11.5 Å². The molecule has 0 aliphatic carbocycles. The SMILES string of the molecule is O=C(c1ccccc1)c1cccc(Oc2ccccc2-c2ccccc2)c1. The number of benzene rings is 4. The minimum Gasteiger partial charge on any atom is -0.457 e. The Morgan fingerprint density at radius 2 is 1.22 bits per heavy atom. The second-order valence-electron chi connectivity index (χ2n) is 6.19. The van der Waals surface area contributed by atoms with E-state index in [1.54, 1.807) is 6.07 Å². The molecule has 0 N–H and O–H groups in total. The van der Waals surface area contributed by atoms with Gasteiger partial charge in [0.05, 0.1) is 0 Å². The molecular formula is C25H18O2. The third-order valence-corrected chi connectivity index (χ3v) is 4.33. The molecule has 0 bridgehead atoms. The van der Waals surface area contributed by atoms with Crippen LogP contribution in [0.15, 0.2) is 109 Å². The molecule has 27 heavy (non-hydrogen) atoms. The zero-order valence-corrected chi connectivity index (χ0v) is 14.7. The monoisotopic (exact) mass is 350 g/mol. The normalized spacial score (nSPS) is 10.4. The Morgan fingerprint density at radius 1 is 0.593 bits per heavy atom. The average molecular weight is 350 g/mol. The highest BCUT2D eigenvalue weighted by atomic mass is 16.5. The van der Waals surface area contributed by atoms with E-state index in [0.29, 0.717) is 16.9 Å². The van der Waals surface area contributed by atoms with Crippen LogP contribution in [0.25, 0.3) is 11.1 Å². The topological polar surface area (TPSA) is 26.3 Å². The predicted octanol–water partition coefficient (Wildman–Crippen LogP) is 6.38. The standard InChI is InChI=1S/C25H18O2/c26-25(20-12-5-2-6-13-20)21-14-9-15-22(18-21)27-24-17-8-7-16-23(24)19-10-3-1-4-11-19/h1-18H. The van der Waals surface area contributed by atoms with E-state index in [-0.39, 0.29) is 5.78 Å². The number of ketones is 1. The Bertz CT molecular complexity index is 1050. The van der Waals surface area contributed by atoms with Gasteiger partial charge in [-0.05, 0) is 23.8 Å². The average Bonchev–Trinajstić information content (AvgIpc) is 2.75. The van der Waals surface area contributed by atoms with Gasteiger partial charge in [0.15, 0.2) is 5.78 Å². The Kier molecular flexibility index (Phi) is 4.80. The quantitative estimate of drug-likeness (QED) is 0.391. The second kappa shape index (κ2) is 7.71. The minimum atomic E-state index is -0.0163. The van der Waals surface area contributed by atoms with Crippen molar-refractivity contribution in [2.45, 2.75) is 0 Å². The summed E-state index contributed by atoms with van der Waals surface area (Å²) < 4.78 is 6.14. The summed E-state index contributed by atoms with van der Waals surface area (Å²) in [7, 11) is 0. The summed E-state index contributed by atoms with van der Waals surface area (Å²) in [6.07, 6.45) is 0. The molecule has 0 atom stereocenters. The highest BCUT2D eigenvalue weighted by Gasteiger charge is 2.11. The lowest BCUT2D eigenvalue weighted by Gasteiger charge is -2.12. The highest BCUT2D eigenvalue weighted by Crippen LogP contribution is 2.33. The van der Waals surface area contributed by atoms with Crippen molar-refractivity contribution < 1.29 is 9.53 Å². The number of carbonyl (C=O) groups is 1. The largest absolute Gasteiger partial charge is 0.457 e. The van der Waals surface area contributed by atoms with E-state index in [2.05, 4.69) is 12.1 Å². The second-order valence-corrected chi connectivity index (χ2v) is 6.19. The van der Waals surface area contributed by atoms with Gasteiger partial charge in [-0.3, -0.25) is 4.79 Å². The van der Waals surface area contributed by atoms with E-state index in [9.17, 15) is 4.79 Å². The van der Waals surface area contributed by atoms with Crippen LogP contribution in [-0.4, -0.2) is 5.78 Å². The van der Waals surface area contributed by atoms with Crippen LogP contribution in [0.4, 0.5) is 0 Å². The van der Waals surface area contributed by atoms with Gasteiger partial charge in [-0.2, -0.15) is 0 Å². The van der Waals surface area contributed by atoms with Crippen LogP contribution in [-0.2, 0) is 0 Å². The van der Waals surface area contributed by atoms with Crippen molar-refractivity contribution >= 4 is 5.78 Å². The summed E-state index contributed by atoms with van der Waals surface area (Å²) in [4.78, 5) is 12.7. The van der Waals surface area contributed by atoms with E-state index in [1.165, 1.54) is 0 Å². The summed E-state index contributed by atoms with van der Waals surface area (Å²) in [6.45, 7) is 0. The molecule has 0 amide bonds. The first-order valence-corrected chi connectivity index (χ1v) is 8.83. The number of hydrogen-bond donors (Lipinski definition) is 0. The third kappa shape index (κ3) is 3.80. The molecule has 0 radical (unpaired) electrons. The summed E-state index contributed by atoms with van der Waals surface area (Å²) >= 11 is 0. The van der Waals surface area contributed by atoms with Gasteiger partial charge in [-0.15, -0.1) is 0 Å². The van der Waals surface area contributed by atoms with E-state index < -0.39 is 0 Å². The summed E-state index contributed by atoms with van der Waals surface area (Å²) in [5.74, 6) is 1.38. The highest BCUT2D eigenvalue weighted by molar-refractivity contribution is 6.09. The Balaban J connectivity index is 1.64. The molecule has 0 saturated carbocycles. The molecule has 130 valence electrons. The van der Waals surface area contributed by atoms with Crippen LogP contribution in [0, 0.1) is 0 Å². The van der Waals surface area contributed by atoms with E-state index in [0.717, 1.165) is 16.9 Å². The molecular weight excluding hydrogens is 332 g/mol. The lowest BCUT2D eigenvalue weighted by atomic mass is 10.0. The van der Waals surface area contributed by atoms with Gasteiger partial charge < -0.3 is 4.74 Å². The van der Waals surface area contributed by atoms with Gasteiger partial charge in [0, 0.05) is 16.7 Å². The van der Waals surface area contributed by atoms with Crippen molar-refractivity contribution in [1.82, 2.24) is 0 Å². The molecule has 0 spiro atoms. The number of carbonyl (C=O) groups excluding carboxylic acids is 1. The Morgan fingerprint density at radius 3 is 2.00 bits per heavy atom. The maximum Gasteiger partial charge on any atom is 0.193 e. The maximum atomic E-state index is 12.7. The van der Waals surface area contributed by atoms with Crippen LogP contribution >= 0.6 is 0 Å². The zero-order valence-electron chi connectivity index (χ0n) is 14.7. The zero-order chi connectivity index (χ0) is 18.5. The van der Waals surface area contributed by atoms with Crippen LogP contribution in [0.3, 0.4) is 0 Å². The van der Waals surface area contributed by atoms with Gasteiger partial charge in [0.25, 0.3) is 0 Å². The van der Waals surface area contributed by atoms with Gasteiger partial charge >= 0.3 is 0 Å². The van der Waals surface area contributed by atoms with Gasteiger partial charge in [-0.1, -0.05) is 91.0 Å². The third-order valence-electron chi connectivity index (χ3n) is 4.33. The smallest absolute Gasteiger partial charge is 0.193 e. The molecule has 2 heteroatoms. The van der Waals surface area contributed by atoms with E-state index in [4.69, 9.17) is 4.74 Å². The maximum absolute atomic E-state index is 12.7. The first-order chi connectivity index (χ1) is 13.3. The van der Waals surface area contributed by atoms with Crippen molar-refractivity contribution in [3.05, 3.63) is 120 Å². The fraction of sp³-hybridized carbons (Fsp3) is 0. The summed E-state index contributed by atoms with van der Waals surface area (Å²) in [6, 6.07) is 34.6. The van der Waals surface area contributed by atoms with Crippen LogP contribution in [0.1, 0.15) is 15.9 Å². The van der Waals surface area contributed by atoms with Gasteiger partial charge in [0.2, 0.25) is 0 Å². The van der Waals surface area contributed by atoms with Crippen molar-refractivity contribution in [3.63, 3.8) is 0 Å². The molecule has 0 heterocycles. The molecule has 4 aromatic rings. The lowest BCUT2D eigenvalue weighted by molar-refractivity contribution is 0.103. The molecule has 0 saturated heterocycles. The molecule has 4 aromatic carbocycles. The molecule has 0 aliphatic heterocycles. The van der Waals surface area contributed by atoms with Gasteiger partial charge in [0.1, 0.15) is 11.5 Å². The fourth-order valence-electron chi connectivity index (χ4n) is 3.00. The van der Waals surface area contributed by atoms with E-state index >= 15 is 0 Å². The number of para-hydroxylation sites is 1. The number of rotatable bonds is 5. The number of ether oxygens (including phenoxy) is 1.